The molecule has 0 unspecified atom stereocenters. The molecule has 0 aromatic heterocycles. The molecule has 0 radical (unpaired) electrons. The Balaban J connectivity index is 4.18. The SMILES string of the molecule is CCS(=O)(=O)CCNS(=O)(=O)N=C=O. The first-order valence-corrected chi connectivity index (χ1v) is 6.88. The van der Waals surface area contributed by atoms with E-state index in [4.69, 9.17) is 0 Å². The molecule has 0 aliphatic rings. The van der Waals surface area contributed by atoms with Crippen LogP contribution < -0.4 is 4.72 Å². The second-order valence-corrected chi connectivity index (χ2v) is 6.18. The first-order valence-electron chi connectivity index (χ1n) is 3.62. The van der Waals surface area contributed by atoms with Crippen LogP contribution in [0.25, 0.3) is 0 Å². The van der Waals surface area contributed by atoms with E-state index in [0.717, 1.165) is 6.08 Å². The van der Waals surface area contributed by atoms with E-state index in [1.165, 1.54) is 6.92 Å². The smallest absolute Gasteiger partial charge is 0.229 e. The van der Waals surface area contributed by atoms with Crippen LogP contribution in [0.1, 0.15) is 6.92 Å². The van der Waals surface area contributed by atoms with Gasteiger partial charge in [-0.2, -0.15) is 13.1 Å². The first kappa shape index (κ1) is 13.2. The summed E-state index contributed by atoms with van der Waals surface area (Å²) in [6, 6.07) is 0. The molecule has 0 bridgehead atoms. The van der Waals surface area contributed by atoms with E-state index in [1.807, 2.05) is 4.72 Å². The summed E-state index contributed by atoms with van der Waals surface area (Å²) in [6.07, 6.45) is 0.845. The predicted octanol–water partition coefficient (Wildman–Crippen LogP) is -1.41. The fourth-order valence-electron chi connectivity index (χ4n) is 0.552. The minimum absolute atomic E-state index is 0.0638. The number of hydrogen-bond donors (Lipinski definition) is 1. The molecule has 0 saturated heterocycles. The van der Waals surface area contributed by atoms with Crippen LogP contribution in [-0.2, 0) is 24.8 Å². The summed E-state index contributed by atoms with van der Waals surface area (Å²) in [4.78, 5) is 9.61. The van der Waals surface area contributed by atoms with Gasteiger partial charge in [-0.3, -0.25) is 0 Å². The van der Waals surface area contributed by atoms with Crippen molar-refractivity contribution < 1.29 is 21.6 Å². The summed E-state index contributed by atoms with van der Waals surface area (Å²) in [5.41, 5.74) is 0. The third kappa shape index (κ3) is 5.81. The highest BCUT2D eigenvalue weighted by atomic mass is 32.2. The maximum atomic E-state index is 10.9. The minimum atomic E-state index is -4.08. The normalized spacial score (nSPS) is 12.1. The van der Waals surface area contributed by atoms with E-state index in [0.29, 0.717) is 0 Å². The van der Waals surface area contributed by atoms with Crippen molar-refractivity contribution in [2.45, 2.75) is 6.92 Å². The van der Waals surface area contributed by atoms with Gasteiger partial charge in [-0.05, 0) is 0 Å². The highest BCUT2D eigenvalue weighted by Crippen LogP contribution is 1.89. The number of rotatable bonds is 6. The minimum Gasteiger partial charge on any atom is -0.229 e. The highest BCUT2D eigenvalue weighted by Gasteiger charge is 2.11. The number of isocyanates is 1. The van der Waals surface area contributed by atoms with Gasteiger partial charge >= 0.3 is 10.2 Å². The van der Waals surface area contributed by atoms with Gasteiger partial charge in [0.25, 0.3) is 6.08 Å². The van der Waals surface area contributed by atoms with Gasteiger partial charge in [-0.25, -0.2) is 13.2 Å². The van der Waals surface area contributed by atoms with Gasteiger partial charge < -0.3 is 0 Å². The van der Waals surface area contributed by atoms with Gasteiger partial charge in [-0.15, -0.1) is 0 Å². The third-order valence-electron chi connectivity index (χ3n) is 1.29. The average molecular weight is 242 g/mol. The van der Waals surface area contributed by atoms with E-state index in [-0.39, 0.29) is 18.1 Å². The van der Waals surface area contributed by atoms with Crippen molar-refractivity contribution in [3.63, 3.8) is 0 Å². The van der Waals surface area contributed by atoms with Gasteiger partial charge in [0.2, 0.25) is 0 Å². The average Bonchev–Trinajstić information content (AvgIpc) is 2.03. The predicted molar refractivity (Wildman–Crippen MR) is 49.4 cm³/mol. The molecule has 7 nitrogen and oxygen atoms in total. The lowest BCUT2D eigenvalue weighted by molar-refractivity contribution is 0.562. The molecule has 0 aliphatic carbocycles. The van der Waals surface area contributed by atoms with Crippen LogP contribution in [0, 0.1) is 0 Å². The molecule has 0 rings (SSSR count). The number of nitrogens with zero attached hydrogens (tertiary/aromatic N) is 1. The molecule has 0 spiro atoms. The zero-order chi connectivity index (χ0) is 11.2. The summed E-state index contributed by atoms with van der Waals surface area (Å²) in [5, 5.41) is 0. The molecule has 1 N–H and O–H groups in total. The molecule has 0 aromatic carbocycles. The van der Waals surface area contributed by atoms with Crippen molar-refractivity contribution in [2.75, 3.05) is 18.1 Å². The molecule has 0 heterocycles. The van der Waals surface area contributed by atoms with Crippen LogP contribution in [-0.4, -0.2) is 41.0 Å². The summed E-state index contributed by atoms with van der Waals surface area (Å²) in [7, 11) is -7.30. The van der Waals surface area contributed by atoms with Crippen LogP contribution in [0.4, 0.5) is 0 Å². The molecule has 0 aromatic rings. The molecule has 0 aliphatic heterocycles. The Labute approximate surface area is 82.3 Å². The van der Waals surface area contributed by atoms with Crippen LogP contribution in [0.2, 0.25) is 0 Å². The largest absolute Gasteiger partial charge is 0.330 e. The lowest BCUT2D eigenvalue weighted by Gasteiger charge is -2.00. The van der Waals surface area contributed by atoms with Gasteiger partial charge in [0.05, 0.1) is 5.75 Å². The molecular formula is C5H10N2O5S2. The molecular weight excluding hydrogens is 232 g/mol. The number of hydrogen-bond acceptors (Lipinski definition) is 5. The van der Waals surface area contributed by atoms with Gasteiger partial charge in [0, 0.05) is 12.3 Å². The molecule has 82 valence electrons. The standard InChI is InChI=1S/C5H10N2O5S2/c1-2-13(9,10)4-3-6-14(11,12)7-5-8/h6H,2-4H2,1H3. The van der Waals surface area contributed by atoms with Crippen LogP contribution >= 0.6 is 0 Å². The van der Waals surface area contributed by atoms with Crippen LogP contribution in [0.15, 0.2) is 4.40 Å². The first-order chi connectivity index (χ1) is 6.33. The zero-order valence-corrected chi connectivity index (χ0v) is 9.06. The monoisotopic (exact) mass is 242 g/mol. The second kappa shape index (κ2) is 5.20. The fourth-order valence-corrected chi connectivity index (χ4v) is 1.91. The molecule has 0 fully saturated rings. The highest BCUT2D eigenvalue weighted by molar-refractivity contribution is 7.91. The Hall–Kier alpha value is -0.760. The topological polar surface area (TPSA) is 110 Å². The Morgan fingerprint density at radius 3 is 2.29 bits per heavy atom. The summed E-state index contributed by atoms with van der Waals surface area (Å²) in [5.74, 6) is -0.386. The maximum absolute atomic E-state index is 10.9. The van der Waals surface area contributed by atoms with Crippen molar-refractivity contribution >= 4 is 26.1 Å². The molecule has 0 atom stereocenters. The van der Waals surface area contributed by atoms with E-state index in [1.54, 1.807) is 0 Å². The third-order valence-corrected chi connectivity index (χ3v) is 3.88. The van der Waals surface area contributed by atoms with E-state index >= 15 is 0 Å². The zero-order valence-electron chi connectivity index (χ0n) is 7.43. The number of carbonyl (C=O) groups excluding carboxylic acids is 1. The molecule has 14 heavy (non-hydrogen) atoms. The van der Waals surface area contributed by atoms with Crippen LogP contribution in [0.3, 0.4) is 0 Å². The van der Waals surface area contributed by atoms with Crippen molar-refractivity contribution in [1.29, 1.82) is 0 Å². The van der Waals surface area contributed by atoms with Gasteiger partial charge in [0.15, 0.2) is 9.84 Å². The van der Waals surface area contributed by atoms with Crippen LogP contribution in [0.5, 0.6) is 0 Å². The molecule has 0 saturated carbocycles. The van der Waals surface area contributed by atoms with E-state index < -0.39 is 20.0 Å². The van der Waals surface area contributed by atoms with Crippen molar-refractivity contribution in [2.24, 2.45) is 4.40 Å². The number of nitrogens with one attached hydrogen (secondary N) is 1. The van der Waals surface area contributed by atoms with Gasteiger partial charge in [-0.1, -0.05) is 11.3 Å². The van der Waals surface area contributed by atoms with Crippen molar-refractivity contribution in [1.82, 2.24) is 4.72 Å². The lowest BCUT2D eigenvalue weighted by atomic mass is 10.8. The molecule has 0 amide bonds. The lowest BCUT2D eigenvalue weighted by Crippen LogP contribution is -2.28. The summed E-state index contributed by atoms with van der Waals surface area (Å²) >= 11 is 0. The molecule has 9 heteroatoms. The Morgan fingerprint density at radius 1 is 1.29 bits per heavy atom. The van der Waals surface area contributed by atoms with E-state index in [2.05, 4.69) is 4.40 Å². The summed E-state index contributed by atoms with van der Waals surface area (Å²) < 4.78 is 47.4. The van der Waals surface area contributed by atoms with Crippen molar-refractivity contribution in [3.8, 4) is 0 Å². The number of sulfone groups is 1. The quantitative estimate of drug-likeness (QED) is 0.454. The maximum Gasteiger partial charge on any atom is 0.330 e. The van der Waals surface area contributed by atoms with Crippen molar-refractivity contribution in [3.05, 3.63) is 0 Å². The Morgan fingerprint density at radius 2 is 1.86 bits per heavy atom. The van der Waals surface area contributed by atoms with E-state index in [9.17, 15) is 21.6 Å². The summed E-state index contributed by atoms with van der Waals surface area (Å²) in [6.45, 7) is 1.15. The Kier molecular flexibility index (Phi) is 4.92. The fraction of sp³-hybridized carbons (Fsp3) is 0.800. The second-order valence-electron chi connectivity index (χ2n) is 2.29. The Bertz CT molecular complexity index is 417. The van der Waals surface area contributed by atoms with Gasteiger partial charge in [0.1, 0.15) is 0 Å².